The van der Waals surface area contributed by atoms with Crippen molar-refractivity contribution in [1.29, 1.82) is 0 Å². The van der Waals surface area contributed by atoms with Gasteiger partial charge < -0.3 is 4.74 Å². The summed E-state index contributed by atoms with van der Waals surface area (Å²) < 4.78 is 4.97. The Kier molecular flexibility index (Phi) is 3.02. The molecular formula is C8H13NOS. The van der Waals surface area contributed by atoms with Gasteiger partial charge in [0.15, 0.2) is 0 Å². The first kappa shape index (κ1) is 8.68. The van der Waals surface area contributed by atoms with Crippen molar-refractivity contribution in [3.8, 4) is 0 Å². The van der Waals surface area contributed by atoms with Gasteiger partial charge in [-0.1, -0.05) is 13.8 Å². The second kappa shape index (κ2) is 3.83. The number of methoxy groups -OCH3 is 1. The SMILES string of the molecule is COCc1csc(C(C)C)n1. The van der Waals surface area contributed by atoms with E-state index < -0.39 is 0 Å². The van der Waals surface area contributed by atoms with Crippen LogP contribution in [0.15, 0.2) is 5.38 Å². The molecule has 0 bridgehead atoms. The van der Waals surface area contributed by atoms with E-state index in [1.165, 1.54) is 5.01 Å². The molecule has 0 radical (unpaired) electrons. The van der Waals surface area contributed by atoms with Crippen LogP contribution in [-0.4, -0.2) is 12.1 Å². The van der Waals surface area contributed by atoms with Crippen LogP contribution in [0.1, 0.15) is 30.5 Å². The highest BCUT2D eigenvalue weighted by Crippen LogP contribution is 2.19. The van der Waals surface area contributed by atoms with Gasteiger partial charge in [0, 0.05) is 18.4 Å². The number of hydrogen-bond acceptors (Lipinski definition) is 3. The minimum atomic E-state index is 0.533. The summed E-state index contributed by atoms with van der Waals surface area (Å²) in [7, 11) is 1.69. The molecule has 0 saturated carbocycles. The van der Waals surface area contributed by atoms with Gasteiger partial charge in [0.2, 0.25) is 0 Å². The van der Waals surface area contributed by atoms with E-state index in [-0.39, 0.29) is 0 Å². The molecule has 0 aliphatic rings. The Labute approximate surface area is 71.2 Å². The Morgan fingerprint density at radius 3 is 2.82 bits per heavy atom. The molecule has 62 valence electrons. The van der Waals surface area contributed by atoms with Crippen molar-refractivity contribution in [2.24, 2.45) is 0 Å². The molecule has 1 aromatic heterocycles. The van der Waals surface area contributed by atoms with Gasteiger partial charge in [0.05, 0.1) is 17.3 Å². The molecule has 3 heteroatoms. The van der Waals surface area contributed by atoms with Gasteiger partial charge in [-0.2, -0.15) is 0 Å². The number of nitrogens with zero attached hydrogens (tertiary/aromatic N) is 1. The molecule has 0 saturated heterocycles. The summed E-state index contributed by atoms with van der Waals surface area (Å²) in [4.78, 5) is 4.39. The Morgan fingerprint density at radius 1 is 1.64 bits per heavy atom. The largest absolute Gasteiger partial charge is 0.378 e. The molecule has 1 rings (SSSR count). The van der Waals surface area contributed by atoms with E-state index in [4.69, 9.17) is 4.74 Å². The Balaban J connectivity index is 2.66. The number of ether oxygens (including phenoxy) is 1. The van der Waals surface area contributed by atoms with Crippen molar-refractivity contribution in [2.45, 2.75) is 26.4 Å². The minimum absolute atomic E-state index is 0.533. The number of aromatic nitrogens is 1. The molecule has 1 aromatic rings. The van der Waals surface area contributed by atoms with Gasteiger partial charge in [-0.25, -0.2) is 4.98 Å². The maximum Gasteiger partial charge on any atom is 0.0954 e. The van der Waals surface area contributed by atoms with Crippen LogP contribution in [0.25, 0.3) is 0 Å². The van der Waals surface area contributed by atoms with Gasteiger partial charge in [-0.15, -0.1) is 11.3 Å². The summed E-state index contributed by atoms with van der Waals surface area (Å²) in [5.74, 6) is 0.533. The van der Waals surface area contributed by atoms with Crippen LogP contribution >= 0.6 is 11.3 Å². The highest BCUT2D eigenvalue weighted by Gasteiger charge is 2.04. The number of rotatable bonds is 3. The zero-order valence-corrected chi connectivity index (χ0v) is 7.94. The van der Waals surface area contributed by atoms with E-state index >= 15 is 0 Å². The summed E-state index contributed by atoms with van der Waals surface area (Å²) in [5.41, 5.74) is 1.04. The van der Waals surface area contributed by atoms with Crippen LogP contribution < -0.4 is 0 Å². The van der Waals surface area contributed by atoms with E-state index in [1.54, 1.807) is 18.4 Å². The van der Waals surface area contributed by atoms with Crippen molar-refractivity contribution in [1.82, 2.24) is 4.98 Å². The lowest BCUT2D eigenvalue weighted by Gasteiger charge is -1.96. The third-order valence-corrected chi connectivity index (χ3v) is 2.55. The fraction of sp³-hybridized carbons (Fsp3) is 0.625. The highest BCUT2D eigenvalue weighted by atomic mass is 32.1. The first-order valence-electron chi connectivity index (χ1n) is 3.67. The third kappa shape index (κ3) is 2.27. The van der Waals surface area contributed by atoms with Gasteiger partial charge >= 0.3 is 0 Å². The van der Waals surface area contributed by atoms with Crippen molar-refractivity contribution in [3.05, 3.63) is 16.1 Å². The maximum absolute atomic E-state index is 4.97. The van der Waals surface area contributed by atoms with E-state index in [0.29, 0.717) is 12.5 Å². The van der Waals surface area contributed by atoms with Crippen LogP contribution in [0.3, 0.4) is 0 Å². The third-order valence-electron chi connectivity index (χ3n) is 1.36. The van der Waals surface area contributed by atoms with Crippen LogP contribution in [0.5, 0.6) is 0 Å². The monoisotopic (exact) mass is 171 g/mol. The smallest absolute Gasteiger partial charge is 0.0954 e. The van der Waals surface area contributed by atoms with Crippen molar-refractivity contribution < 1.29 is 4.74 Å². The summed E-state index contributed by atoms with van der Waals surface area (Å²) >= 11 is 1.71. The maximum atomic E-state index is 4.97. The molecular weight excluding hydrogens is 158 g/mol. The lowest BCUT2D eigenvalue weighted by atomic mass is 10.2. The number of thiazole rings is 1. The fourth-order valence-electron chi connectivity index (χ4n) is 0.802. The van der Waals surface area contributed by atoms with Crippen LogP contribution in [0, 0.1) is 0 Å². The van der Waals surface area contributed by atoms with Crippen molar-refractivity contribution in [2.75, 3.05) is 7.11 Å². The van der Waals surface area contributed by atoms with Gasteiger partial charge in [0.25, 0.3) is 0 Å². The van der Waals surface area contributed by atoms with E-state index in [1.807, 2.05) is 0 Å². The standard InChI is InChI=1S/C8H13NOS/c1-6(2)8-9-7(4-10-3)5-11-8/h5-6H,4H2,1-3H3. The molecule has 1 heterocycles. The lowest BCUT2D eigenvalue weighted by Crippen LogP contribution is -1.90. The molecule has 0 aliphatic heterocycles. The van der Waals surface area contributed by atoms with Gasteiger partial charge in [-0.3, -0.25) is 0 Å². The summed E-state index contributed by atoms with van der Waals surface area (Å²) in [6, 6.07) is 0. The van der Waals surface area contributed by atoms with Crippen molar-refractivity contribution >= 4 is 11.3 Å². The summed E-state index contributed by atoms with van der Waals surface area (Å²) in [6.45, 7) is 4.92. The summed E-state index contributed by atoms with van der Waals surface area (Å²) in [5, 5.41) is 3.25. The average Bonchev–Trinajstić information content (AvgIpc) is 2.37. The molecule has 0 N–H and O–H groups in total. The van der Waals surface area contributed by atoms with Gasteiger partial charge in [-0.05, 0) is 0 Å². The predicted octanol–water partition coefficient (Wildman–Crippen LogP) is 2.41. The van der Waals surface area contributed by atoms with Gasteiger partial charge in [0.1, 0.15) is 0 Å². The Morgan fingerprint density at radius 2 is 2.36 bits per heavy atom. The molecule has 0 aliphatic carbocycles. The molecule has 0 unspecified atom stereocenters. The minimum Gasteiger partial charge on any atom is -0.378 e. The molecule has 2 nitrogen and oxygen atoms in total. The predicted molar refractivity (Wildman–Crippen MR) is 46.9 cm³/mol. The molecule has 0 amide bonds. The topological polar surface area (TPSA) is 22.1 Å². The molecule has 0 fully saturated rings. The number of hydrogen-bond donors (Lipinski definition) is 0. The first-order valence-corrected chi connectivity index (χ1v) is 4.55. The zero-order chi connectivity index (χ0) is 8.27. The Bertz CT molecular complexity index is 220. The second-order valence-electron chi connectivity index (χ2n) is 2.76. The van der Waals surface area contributed by atoms with Crippen LogP contribution in [0.4, 0.5) is 0 Å². The molecule has 0 aromatic carbocycles. The quantitative estimate of drug-likeness (QED) is 0.696. The Hall–Kier alpha value is -0.410. The first-order chi connectivity index (χ1) is 5.24. The normalized spacial score (nSPS) is 10.9. The highest BCUT2D eigenvalue weighted by molar-refractivity contribution is 7.09. The van der Waals surface area contributed by atoms with E-state index in [0.717, 1.165) is 5.69 Å². The van der Waals surface area contributed by atoms with Crippen molar-refractivity contribution in [3.63, 3.8) is 0 Å². The van der Waals surface area contributed by atoms with Crippen LogP contribution in [0.2, 0.25) is 0 Å². The molecule has 11 heavy (non-hydrogen) atoms. The molecule has 0 atom stereocenters. The fourth-order valence-corrected chi connectivity index (χ4v) is 1.62. The lowest BCUT2D eigenvalue weighted by molar-refractivity contribution is 0.182. The zero-order valence-electron chi connectivity index (χ0n) is 7.13. The van der Waals surface area contributed by atoms with E-state index in [9.17, 15) is 0 Å². The molecule has 0 spiro atoms. The van der Waals surface area contributed by atoms with E-state index in [2.05, 4.69) is 24.2 Å². The van der Waals surface area contributed by atoms with Crippen LogP contribution in [-0.2, 0) is 11.3 Å². The average molecular weight is 171 g/mol. The second-order valence-corrected chi connectivity index (χ2v) is 3.65. The summed E-state index contributed by atoms with van der Waals surface area (Å²) in [6.07, 6.45) is 0.